The van der Waals surface area contributed by atoms with Crippen LogP contribution >= 0.6 is 0 Å². The van der Waals surface area contributed by atoms with Gasteiger partial charge in [-0.15, -0.1) is 5.10 Å². The lowest BCUT2D eigenvalue weighted by atomic mass is 10.1. The molecule has 0 aliphatic carbocycles. The van der Waals surface area contributed by atoms with E-state index in [0.29, 0.717) is 19.7 Å². The van der Waals surface area contributed by atoms with Gasteiger partial charge in [-0.2, -0.15) is 0 Å². The van der Waals surface area contributed by atoms with Gasteiger partial charge in [-0.25, -0.2) is 4.68 Å². The molecule has 3 rings (SSSR count). The number of tetrazole rings is 1. The third kappa shape index (κ3) is 2.92. The van der Waals surface area contributed by atoms with Crippen LogP contribution in [0.25, 0.3) is 0 Å². The van der Waals surface area contributed by atoms with Crippen molar-refractivity contribution < 1.29 is 9.53 Å². The first kappa shape index (κ1) is 13.7. The van der Waals surface area contributed by atoms with Crippen LogP contribution in [0.5, 0.6) is 0 Å². The fourth-order valence-corrected chi connectivity index (χ4v) is 2.44. The van der Waals surface area contributed by atoms with E-state index in [9.17, 15) is 4.79 Å². The average Bonchev–Trinajstić information content (AvgIpc) is 3.09. The predicted octanol–water partition coefficient (Wildman–Crippen LogP) is 0.834. The third-order valence-electron chi connectivity index (χ3n) is 3.67. The molecule has 0 saturated carbocycles. The summed E-state index contributed by atoms with van der Waals surface area (Å²) in [6.45, 7) is 3.48. The van der Waals surface area contributed by atoms with Gasteiger partial charge in [0.05, 0.1) is 13.2 Å². The molecule has 1 aliphatic heterocycles. The van der Waals surface area contributed by atoms with E-state index in [-0.39, 0.29) is 12.0 Å². The molecule has 2 heterocycles. The summed E-state index contributed by atoms with van der Waals surface area (Å²) in [6.07, 6.45) is 1.38. The highest BCUT2D eigenvalue weighted by atomic mass is 16.5. The molecule has 1 aromatic heterocycles. The van der Waals surface area contributed by atoms with Crippen molar-refractivity contribution in [2.75, 3.05) is 19.7 Å². The normalized spacial score (nSPS) is 20.2. The molecule has 1 aromatic carbocycles. The third-order valence-corrected chi connectivity index (χ3v) is 3.67. The van der Waals surface area contributed by atoms with E-state index in [4.69, 9.17) is 4.74 Å². The van der Waals surface area contributed by atoms with Crippen molar-refractivity contribution in [2.45, 2.75) is 19.1 Å². The molecule has 2 aromatic rings. The number of aromatic nitrogens is 4. The van der Waals surface area contributed by atoms with E-state index in [1.54, 1.807) is 6.92 Å². The molecule has 1 amide bonds. The Morgan fingerprint density at radius 2 is 2.19 bits per heavy atom. The van der Waals surface area contributed by atoms with Crippen molar-refractivity contribution in [1.29, 1.82) is 0 Å². The van der Waals surface area contributed by atoms with Crippen molar-refractivity contribution in [3.63, 3.8) is 0 Å². The molecule has 0 radical (unpaired) electrons. The van der Waals surface area contributed by atoms with E-state index in [1.165, 1.54) is 11.0 Å². The smallest absolute Gasteiger partial charge is 0.247 e. The van der Waals surface area contributed by atoms with E-state index in [2.05, 4.69) is 15.5 Å². The summed E-state index contributed by atoms with van der Waals surface area (Å²) < 4.78 is 7.24. The lowest BCUT2D eigenvalue weighted by Gasteiger charge is -2.34. The molecule has 1 unspecified atom stereocenters. The van der Waals surface area contributed by atoms with Gasteiger partial charge >= 0.3 is 0 Å². The second-order valence-electron chi connectivity index (χ2n) is 5.02. The molecule has 0 spiro atoms. The first-order valence-corrected chi connectivity index (χ1v) is 6.93. The number of hydrogen-bond donors (Lipinski definition) is 0. The van der Waals surface area contributed by atoms with Crippen LogP contribution in [-0.2, 0) is 9.53 Å². The molecule has 0 bridgehead atoms. The van der Waals surface area contributed by atoms with E-state index in [0.717, 1.165) is 5.56 Å². The molecule has 7 nitrogen and oxygen atoms in total. The first-order valence-electron chi connectivity index (χ1n) is 6.93. The Bertz CT molecular complexity index is 587. The summed E-state index contributed by atoms with van der Waals surface area (Å²) in [7, 11) is 0. The number of benzene rings is 1. The quantitative estimate of drug-likeness (QED) is 0.836. The number of carbonyl (C=O) groups is 1. The van der Waals surface area contributed by atoms with Crippen LogP contribution in [0.3, 0.4) is 0 Å². The van der Waals surface area contributed by atoms with Gasteiger partial charge in [0.15, 0.2) is 0 Å². The zero-order valence-corrected chi connectivity index (χ0v) is 11.8. The van der Waals surface area contributed by atoms with Gasteiger partial charge in [-0.05, 0) is 22.9 Å². The van der Waals surface area contributed by atoms with Crippen LogP contribution in [0.2, 0.25) is 0 Å². The second-order valence-corrected chi connectivity index (χ2v) is 5.02. The highest BCUT2D eigenvalue weighted by Crippen LogP contribution is 2.23. The molecule has 1 aliphatic rings. The van der Waals surface area contributed by atoms with Crippen molar-refractivity contribution in [1.82, 2.24) is 25.1 Å². The van der Waals surface area contributed by atoms with Crippen molar-refractivity contribution >= 4 is 5.91 Å². The molecule has 0 N–H and O–H groups in total. The summed E-state index contributed by atoms with van der Waals surface area (Å²) in [4.78, 5) is 14.3. The maximum atomic E-state index is 12.5. The topological polar surface area (TPSA) is 73.1 Å². The monoisotopic (exact) mass is 287 g/mol. The highest BCUT2D eigenvalue weighted by Gasteiger charge is 2.29. The number of amides is 1. The second kappa shape index (κ2) is 6.01. The summed E-state index contributed by atoms with van der Waals surface area (Å²) in [5, 5.41) is 10.9. The first-order chi connectivity index (χ1) is 10.3. The minimum atomic E-state index is -0.408. The van der Waals surface area contributed by atoms with Crippen molar-refractivity contribution in [2.24, 2.45) is 0 Å². The zero-order valence-electron chi connectivity index (χ0n) is 11.8. The maximum Gasteiger partial charge on any atom is 0.247 e. The number of morpholine rings is 1. The van der Waals surface area contributed by atoms with Gasteiger partial charge in [-0.1, -0.05) is 30.3 Å². The summed E-state index contributed by atoms with van der Waals surface area (Å²) in [5.41, 5.74) is 1.09. The molecular formula is C14H17N5O2. The Hall–Kier alpha value is -2.28. The van der Waals surface area contributed by atoms with Gasteiger partial charge in [0.25, 0.3) is 0 Å². The van der Waals surface area contributed by atoms with Crippen LogP contribution in [0.15, 0.2) is 36.7 Å². The van der Waals surface area contributed by atoms with Gasteiger partial charge in [0.2, 0.25) is 5.91 Å². The fraction of sp³-hybridized carbons (Fsp3) is 0.429. The number of carbonyl (C=O) groups excluding carboxylic acids is 1. The summed E-state index contributed by atoms with van der Waals surface area (Å²) in [5.74, 6) is 0.00605. The minimum Gasteiger partial charge on any atom is -0.370 e. The van der Waals surface area contributed by atoms with Crippen molar-refractivity contribution in [3.05, 3.63) is 42.2 Å². The Balaban J connectivity index is 1.70. The summed E-state index contributed by atoms with van der Waals surface area (Å²) >= 11 is 0. The molecule has 1 saturated heterocycles. The lowest BCUT2D eigenvalue weighted by molar-refractivity contribution is -0.142. The van der Waals surface area contributed by atoms with Crippen LogP contribution in [-0.4, -0.2) is 50.7 Å². The largest absolute Gasteiger partial charge is 0.370 e. The number of hydrogen-bond acceptors (Lipinski definition) is 5. The molecule has 2 atom stereocenters. The van der Waals surface area contributed by atoms with Gasteiger partial charge < -0.3 is 9.64 Å². The standard InChI is InChI=1S/C14H17N5O2/c1-11(19-10-15-16-17-19)14(20)18-7-8-21-13(9-18)12-5-3-2-4-6-12/h2-6,10-11,13H,7-9H2,1H3/t11-,13?/m0/s1. The van der Waals surface area contributed by atoms with E-state index in [1.807, 2.05) is 35.2 Å². The number of nitrogens with zero attached hydrogens (tertiary/aromatic N) is 5. The molecule has 21 heavy (non-hydrogen) atoms. The predicted molar refractivity (Wildman–Crippen MR) is 74.2 cm³/mol. The lowest BCUT2D eigenvalue weighted by Crippen LogP contribution is -2.45. The van der Waals surface area contributed by atoms with Crippen LogP contribution in [0.4, 0.5) is 0 Å². The Kier molecular flexibility index (Phi) is 3.92. The highest BCUT2D eigenvalue weighted by molar-refractivity contribution is 5.80. The SMILES string of the molecule is C[C@@H](C(=O)N1CCOC(c2ccccc2)C1)n1cnnn1. The molecule has 7 heteroatoms. The van der Waals surface area contributed by atoms with E-state index < -0.39 is 6.04 Å². The Morgan fingerprint density at radius 3 is 2.90 bits per heavy atom. The maximum absolute atomic E-state index is 12.5. The van der Waals surface area contributed by atoms with Crippen LogP contribution in [0, 0.1) is 0 Å². The van der Waals surface area contributed by atoms with Gasteiger partial charge in [0.1, 0.15) is 18.5 Å². The molecule has 110 valence electrons. The Morgan fingerprint density at radius 1 is 1.38 bits per heavy atom. The molecular weight excluding hydrogens is 270 g/mol. The van der Waals surface area contributed by atoms with Crippen LogP contribution in [0.1, 0.15) is 24.6 Å². The number of ether oxygens (including phenoxy) is 1. The van der Waals surface area contributed by atoms with Crippen molar-refractivity contribution in [3.8, 4) is 0 Å². The fourth-order valence-electron chi connectivity index (χ4n) is 2.44. The summed E-state index contributed by atoms with van der Waals surface area (Å²) in [6, 6.07) is 9.54. The van der Waals surface area contributed by atoms with Gasteiger partial charge in [-0.3, -0.25) is 4.79 Å². The minimum absolute atomic E-state index is 0.00605. The van der Waals surface area contributed by atoms with Crippen LogP contribution < -0.4 is 0 Å². The Labute approximate surface area is 122 Å². The average molecular weight is 287 g/mol. The number of rotatable bonds is 3. The zero-order chi connectivity index (χ0) is 14.7. The molecule has 1 fully saturated rings. The van der Waals surface area contributed by atoms with E-state index >= 15 is 0 Å². The van der Waals surface area contributed by atoms with Gasteiger partial charge in [0, 0.05) is 6.54 Å².